The molecule has 5 heteroatoms. The second-order valence-corrected chi connectivity index (χ2v) is 5.50. The number of aryl methyl sites for hydroxylation is 1. The molecule has 0 N–H and O–H groups in total. The number of rotatable bonds is 8. The summed E-state index contributed by atoms with van der Waals surface area (Å²) in [5.74, 6) is 0.928. The third kappa shape index (κ3) is 4.51. The van der Waals surface area contributed by atoms with E-state index >= 15 is 0 Å². The number of ether oxygens (including phenoxy) is 1. The van der Waals surface area contributed by atoms with Crippen molar-refractivity contribution < 1.29 is 13.9 Å². The molecule has 2 rings (SSSR count). The monoisotopic (exact) mass is 293 g/mol. The van der Waals surface area contributed by atoms with E-state index in [1.54, 1.807) is 29.6 Å². The Morgan fingerprint density at radius 3 is 2.95 bits per heavy atom. The van der Waals surface area contributed by atoms with Crippen LogP contribution in [-0.2, 0) is 22.5 Å². The lowest BCUT2D eigenvalue weighted by Crippen LogP contribution is -2.33. The highest BCUT2D eigenvalue weighted by Crippen LogP contribution is 2.13. The molecule has 0 saturated carbocycles. The standard InChI is InChI=1S/C15H19NO3S/c1-18-10-8-16(12-13-4-2-9-19-13)15(17)7-6-14-5-3-11-20-14/h2-5,9,11H,6-8,10,12H2,1H3. The first-order valence-electron chi connectivity index (χ1n) is 6.61. The molecule has 4 nitrogen and oxygen atoms in total. The van der Waals surface area contributed by atoms with E-state index in [1.165, 1.54) is 4.88 Å². The van der Waals surface area contributed by atoms with E-state index in [4.69, 9.17) is 9.15 Å². The van der Waals surface area contributed by atoms with Crippen molar-refractivity contribution in [1.82, 2.24) is 4.90 Å². The lowest BCUT2D eigenvalue weighted by atomic mass is 10.2. The Labute approximate surface area is 123 Å². The van der Waals surface area contributed by atoms with Crippen molar-refractivity contribution in [3.05, 3.63) is 46.5 Å². The summed E-state index contributed by atoms with van der Waals surface area (Å²) in [6.07, 6.45) is 2.93. The molecule has 0 bridgehead atoms. The topological polar surface area (TPSA) is 42.7 Å². The van der Waals surface area contributed by atoms with Crippen molar-refractivity contribution >= 4 is 17.2 Å². The SMILES string of the molecule is COCCN(Cc1ccco1)C(=O)CCc1cccs1. The molecule has 108 valence electrons. The Morgan fingerprint density at radius 1 is 1.40 bits per heavy atom. The molecule has 1 amide bonds. The highest BCUT2D eigenvalue weighted by molar-refractivity contribution is 7.09. The Bertz CT molecular complexity index is 493. The molecule has 0 unspecified atom stereocenters. The van der Waals surface area contributed by atoms with Crippen molar-refractivity contribution in [2.75, 3.05) is 20.3 Å². The van der Waals surface area contributed by atoms with Gasteiger partial charge in [-0.1, -0.05) is 6.07 Å². The van der Waals surface area contributed by atoms with E-state index < -0.39 is 0 Å². The number of nitrogens with zero attached hydrogens (tertiary/aromatic N) is 1. The van der Waals surface area contributed by atoms with Crippen LogP contribution in [0.4, 0.5) is 0 Å². The van der Waals surface area contributed by atoms with E-state index in [0.29, 0.717) is 26.1 Å². The number of thiophene rings is 1. The minimum atomic E-state index is 0.131. The molecule has 2 aromatic rings. The van der Waals surface area contributed by atoms with Crippen LogP contribution in [0.25, 0.3) is 0 Å². The molecule has 0 aliphatic carbocycles. The van der Waals surface area contributed by atoms with Crippen LogP contribution in [0.2, 0.25) is 0 Å². The molecule has 0 radical (unpaired) electrons. The summed E-state index contributed by atoms with van der Waals surface area (Å²) in [6, 6.07) is 7.78. The van der Waals surface area contributed by atoms with Crippen molar-refractivity contribution in [1.29, 1.82) is 0 Å². The van der Waals surface area contributed by atoms with Crippen LogP contribution in [-0.4, -0.2) is 31.1 Å². The van der Waals surface area contributed by atoms with Crippen LogP contribution in [0, 0.1) is 0 Å². The van der Waals surface area contributed by atoms with Gasteiger partial charge >= 0.3 is 0 Å². The Balaban J connectivity index is 1.89. The second-order valence-electron chi connectivity index (χ2n) is 4.47. The first-order valence-corrected chi connectivity index (χ1v) is 7.49. The predicted octanol–water partition coefficient (Wildman–Crippen LogP) is 2.95. The van der Waals surface area contributed by atoms with Gasteiger partial charge in [0.25, 0.3) is 0 Å². The second kappa shape index (κ2) is 7.87. The van der Waals surface area contributed by atoms with Gasteiger partial charge in [0.05, 0.1) is 19.4 Å². The van der Waals surface area contributed by atoms with Gasteiger partial charge in [0.1, 0.15) is 5.76 Å². The van der Waals surface area contributed by atoms with Crippen LogP contribution in [0.5, 0.6) is 0 Å². The van der Waals surface area contributed by atoms with E-state index in [-0.39, 0.29) is 5.91 Å². The molecule has 0 spiro atoms. The third-order valence-corrected chi connectivity index (χ3v) is 3.95. The van der Waals surface area contributed by atoms with Crippen molar-refractivity contribution in [3.8, 4) is 0 Å². The molecule has 0 fully saturated rings. The number of carbonyl (C=O) groups excluding carboxylic acids is 1. The van der Waals surface area contributed by atoms with E-state index in [9.17, 15) is 4.79 Å². The number of carbonyl (C=O) groups is 1. The Hall–Kier alpha value is -1.59. The molecule has 2 aromatic heterocycles. The van der Waals surface area contributed by atoms with Gasteiger partial charge in [-0.05, 0) is 30.0 Å². The smallest absolute Gasteiger partial charge is 0.223 e. The Morgan fingerprint density at radius 2 is 2.30 bits per heavy atom. The maximum Gasteiger partial charge on any atom is 0.223 e. The first-order chi connectivity index (χ1) is 9.79. The zero-order valence-electron chi connectivity index (χ0n) is 11.6. The number of furan rings is 1. The zero-order valence-corrected chi connectivity index (χ0v) is 12.4. The summed E-state index contributed by atoms with van der Waals surface area (Å²) >= 11 is 1.69. The minimum absolute atomic E-state index is 0.131. The van der Waals surface area contributed by atoms with Crippen molar-refractivity contribution in [3.63, 3.8) is 0 Å². The highest BCUT2D eigenvalue weighted by atomic mass is 32.1. The fraction of sp³-hybridized carbons (Fsp3) is 0.400. The fourth-order valence-electron chi connectivity index (χ4n) is 1.93. The molecular formula is C15H19NO3S. The van der Waals surface area contributed by atoms with Crippen LogP contribution in [0.3, 0.4) is 0 Å². The average Bonchev–Trinajstić information content (AvgIpc) is 3.13. The van der Waals surface area contributed by atoms with Gasteiger partial charge in [0.15, 0.2) is 0 Å². The van der Waals surface area contributed by atoms with Gasteiger partial charge in [0, 0.05) is 25.0 Å². The summed E-state index contributed by atoms with van der Waals surface area (Å²) in [7, 11) is 1.64. The quantitative estimate of drug-likeness (QED) is 0.751. The molecule has 0 saturated heterocycles. The van der Waals surface area contributed by atoms with Gasteiger partial charge in [-0.3, -0.25) is 4.79 Å². The van der Waals surface area contributed by atoms with Crippen LogP contribution >= 0.6 is 11.3 Å². The molecule has 20 heavy (non-hydrogen) atoms. The normalized spacial score (nSPS) is 10.7. The van der Waals surface area contributed by atoms with Gasteiger partial charge in [-0.2, -0.15) is 0 Å². The molecule has 0 aromatic carbocycles. The Kier molecular flexibility index (Phi) is 5.83. The molecular weight excluding hydrogens is 274 g/mol. The van der Waals surface area contributed by atoms with Crippen LogP contribution in [0.1, 0.15) is 17.1 Å². The molecule has 2 heterocycles. The summed E-state index contributed by atoms with van der Waals surface area (Å²) in [5.41, 5.74) is 0. The van der Waals surface area contributed by atoms with E-state index in [1.807, 2.05) is 23.6 Å². The maximum absolute atomic E-state index is 12.3. The number of hydrogen-bond donors (Lipinski definition) is 0. The van der Waals surface area contributed by atoms with Crippen molar-refractivity contribution in [2.45, 2.75) is 19.4 Å². The average molecular weight is 293 g/mol. The van der Waals surface area contributed by atoms with Crippen LogP contribution < -0.4 is 0 Å². The molecule has 0 aliphatic rings. The summed E-state index contributed by atoms with van der Waals surface area (Å²) < 4.78 is 10.4. The number of hydrogen-bond acceptors (Lipinski definition) is 4. The maximum atomic E-state index is 12.3. The lowest BCUT2D eigenvalue weighted by Gasteiger charge is -2.21. The first kappa shape index (κ1) is 14.8. The zero-order chi connectivity index (χ0) is 14.2. The van der Waals surface area contributed by atoms with Gasteiger partial charge in [-0.15, -0.1) is 11.3 Å². The largest absolute Gasteiger partial charge is 0.467 e. The number of amides is 1. The summed E-state index contributed by atoms with van der Waals surface area (Å²) in [6.45, 7) is 1.62. The third-order valence-electron chi connectivity index (χ3n) is 3.01. The van der Waals surface area contributed by atoms with Gasteiger partial charge in [-0.25, -0.2) is 0 Å². The number of methoxy groups -OCH3 is 1. The fourth-order valence-corrected chi connectivity index (χ4v) is 2.64. The summed E-state index contributed by atoms with van der Waals surface area (Å²) in [5, 5.41) is 2.03. The van der Waals surface area contributed by atoms with Gasteiger partial charge in [0.2, 0.25) is 5.91 Å². The van der Waals surface area contributed by atoms with Crippen molar-refractivity contribution in [2.24, 2.45) is 0 Å². The summed E-state index contributed by atoms with van der Waals surface area (Å²) in [4.78, 5) is 15.3. The van der Waals surface area contributed by atoms with Crippen LogP contribution in [0.15, 0.2) is 40.3 Å². The van der Waals surface area contributed by atoms with E-state index in [2.05, 4.69) is 6.07 Å². The molecule has 0 aliphatic heterocycles. The van der Waals surface area contributed by atoms with Gasteiger partial charge < -0.3 is 14.1 Å². The van der Waals surface area contributed by atoms with E-state index in [0.717, 1.165) is 12.2 Å². The molecule has 0 atom stereocenters. The predicted molar refractivity (Wildman–Crippen MR) is 78.6 cm³/mol. The lowest BCUT2D eigenvalue weighted by molar-refractivity contribution is -0.132. The minimum Gasteiger partial charge on any atom is -0.467 e. The highest BCUT2D eigenvalue weighted by Gasteiger charge is 2.15.